The fraction of sp³-hybridized carbons (Fsp3) is 0.0769. The van der Waals surface area contributed by atoms with E-state index in [4.69, 9.17) is 4.74 Å². The number of nitrogens with one attached hydrogen (secondary N) is 1. The zero-order valence-electron chi connectivity index (χ0n) is 10.2. The van der Waals surface area contributed by atoms with Gasteiger partial charge in [0.05, 0.1) is 12.0 Å². The first-order valence-corrected chi connectivity index (χ1v) is 5.48. The van der Waals surface area contributed by atoms with Crippen LogP contribution < -0.4 is 10.1 Å². The van der Waals surface area contributed by atoms with Crippen molar-refractivity contribution in [3.8, 4) is 11.5 Å². The molecule has 6 nitrogen and oxygen atoms in total. The molecule has 0 fully saturated rings. The zero-order chi connectivity index (χ0) is 13.8. The minimum absolute atomic E-state index is 0.0402. The van der Waals surface area contributed by atoms with Crippen LogP contribution in [-0.2, 0) is 0 Å². The molecule has 0 aliphatic rings. The number of hydrogen-bond donors (Lipinski definition) is 2. The first-order valence-electron chi connectivity index (χ1n) is 5.48. The number of nitro groups is 1. The van der Waals surface area contributed by atoms with Crippen LogP contribution in [0.25, 0.3) is 0 Å². The molecule has 0 bridgehead atoms. The smallest absolute Gasteiger partial charge is 0.292 e. The maximum absolute atomic E-state index is 10.9. The number of phenols is 1. The SMILES string of the molecule is COc1ccc(Nc2cc(O)ccc2[N+](=O)[O-])cc1. The fourth-order valence-corrected chi connectivity index (χ4v) is 1.61. The summed E-state index contributed by atoms with van der Waals surface area (Å²) in [5.74, 6) is 0.651. The molecule has 0 aliphatic heterocycles. The highest BCUT2D eigenvalue weighted by Gasteiger charge is 2.14. The molecule has 0 saturated carbocycles. The normalized spacial score (nSPS) is 9.95. The van der Waals surface area contributed by atoms with Crippen LogP contribution in [0.2, 0.25) is 0 Å². The molecule has 0 saturated heterocycles. The van der Waals surface area contributed by atoms with Gasteiger partial charge in [0.15, 0.2) is 0 Å². The Bertz CT molecular complexity index is 596. The number of benzene rings is 2. The number of nitro benzene ring substituents is 1. The van der Waals surface area contributed by atoms with Crippen molar-refractivity contribution in [1.29, 1.82) is 0 Å². The molecule has 6 heteroatoms. The van der Waals surface area contributed by atoms with E-state index >= 15 is 0 Å². The summed E-state index contributed by atoms with van der Waals surface area (Å²) >= 11 is 0. The van der Waals surface area contributed by atoms with Gasteiger partial charge in [0, 0.05) is 17.8 Å². The van der Waals surface area contributed by atoms with Crippen molar-refractivity contribution in [3.05, 3.63) is 52.6 Å². The monoisotopic (exact) mass is 260 g/mol. The molecule has 0 aliphatic carbocycles. The van der Waals surface area contributed by atoms with E-state index in [9.17, 15) is 15.2 Å². The van der Waals surface area contributed by atoms with Crippen LogP contribution in [0.15, 0.2) is 42.5 Å². The molecule has 2 aromatic carbocycles. The van der Waals surface area contributed by atoms with E-state index in [1.165, 1.54) is 18.2 Å². The van der Waals surface area contributed by atoms with Gasteiger partial charge in [-0.25, -0.2) is 0 Å². The lowest BCUT2D eigenvalue weighted by molar-refractivity contribution is -0.383. The minimum atomic E-state index is -0.509. The maximum atomic E-state index is 10.9. The highest BCUT2D eigenvalue weighted by molar-refractivity contribution is 5.71. The van der Waals surface area contributed by atoms with E-state index in [-0.39, 0.29) is 17.1 Å². The predicted molar refractivity (Wildman–Crippen MR) is 71.0 cm³/mol. The van der Waals surface area contributed by atoms with E-state index in [0.717, 1.165) is 0 Å². The fourth-order valence-electron chi connectivity index (χ4n) is 1.61. The van der Waals surface area contributed by atoms with Crippen LogP contribution in [-0.4, -0.2) is 17.1 Å². The Labute approximate surface area is 109 Å². The van der Waals surface area contributed by atoms with Crippen LogP contribution in [0, 0.1) is 10.1 Å². The number of phenolic OH excluding ortho intramolecular Hbond substituents is 1. The molecule has 0 unspecified atom stereocenters. The second kappa shape index (κ2) is 5.26. The van der Waals surface area contributed by atoms with Crippen LogP contribution in [0.5, 0.6) is 11.5 Å². The summed E-state index contributed by atoms with van der Waals surface area (Å²) in [4.78, 5) is 10.4. The van der Waals surface area contributed by atoms with Crippen LogP contribution >= 0.6 is 0 Å². The topological polar surface area (TPSA) is 84.6 Å². The van der Waals surface area contributed by atoms with Crippen molar-refractivity contribution >= 4 is 17.1 Å². The molecule has 0 aromatic heterocycles. The van der Waals surface area contributed by atoms with Gasteiger partial charge in [0.25, 0.3) is 5.69 Å². The molecule has 0 atom stereocenters. The summed E-state index contributed by atoms with van der Waals surface area (Å²) in [7, 11) is 1.56. The molecule has 0 radical (unpaired) electrons. The summed E-state index contributed by atoms with van der Waals surface area (Å²) < 4.78 is 5.02. The molecule has 98 valence electrons. The number of rotatable bonds is 4. The maximum Gasteiger partial charge on any atom is 0.292 e. The Morgan fingerprint density at radius 2 is 1.89 bits per heavy atom. The largest absolute Gasteiger partial charge is 0.508 e. The summed E-state index contributed by atoms with van der Waals surface area (Å²) in [5.41, 5.74) is 0.790. The van der Waals surface area contributed by atoms with Gasteiger partial charge in [-0.1, -0.05) is 0 Å². The van der Waals surface area contributed by atoms with Gasteiger partial charge in [-0.3, -0.25) is 10.1 Å². The van der Waals surface area contributed by atoms with Crippen molar-refractivity contribution in [2.75, 3.05) is 12.4 Å². The quantitative estimate of drug-likeness (QED) is 0.652. The molecular weight excluding hydrogens is 248 g/mol. The van der Waals surface area contributed by atoms with Crippen LogP contribution in [0.1, 0.15) is 0 Å². The van der Waals surface area contributed by atoms with Gasteiger partial charge in [0.2, 0.25) is 0 Å². The Morgan fingerprint density at radius 3 is 2.47 bits per heavy atom. The highest BCUT2D eigenvalue weighted by Crippen LogP contribution is 2.31. The lowest BCUT2D eigenvalue weighted by Gasteiger charge is -2.08. The summed E-state index contributed by atoms with van der Waals surface area (Å²) in [5, 5.41) is 23.2. The molecule has 2 N–H and O–H groups in total. The third-order valence-corrected chi connectivity index (χ3v) is 2.55. The third kappa shape index (κ3) is 2.92. The molecule has 0 amide bonds. The van der Waals surface area contributed by atoms with Crippen LogP contribution in [0.3, 0.4) is 0 Å². The number of hydrogen-bond acceptors (Lipinski definition) is 5. The molecule has 0 heterocycles. The summed E-state index contributed by atoms with van der Waals surface area (Å²) in [6, 6.07) is 10.8. The Kier molecular flexibility index (Phi) is 3.51. The Balaban J connectivity index is 2.31. The minimum Gasteiger partial charge on any atom is -0.508 e. The van der Waals surface area contributed by atoms with Crippen molar-refractivity contribution in [2.45, 2.75) is 0 Å². The second-order valence-corrected chi connectivity index (χ2v) is 3.81. The predicted octanol–water partition coefficient (Wildman–Crippen LogP) is 3.05. The van der Waals surface area contributed by atoms with E-state index < -0.39 is 4.92 Å². The molecule has 2 aromatic rings. The third-order valence-electron chi connectivity index (χ3n) is 2.55. The highest BCUT2D eigenvalue weighted by atomic mass is 16.6. The van der Waals surface area contributed by atoms with Crippen molar-refractivity contribution in [1.82, 2.24) is 0 Å². The van der Waals surface area contributed by atoms with Gasteiger partial charge >= 0.3 is 0 Å². The summed E-state index contributed by atoms with van der Waals surface area (Å²) in [6.07, 6.45) is 0. The number of ether oxygens (including phenoxy) is 1. The van der Waals surface area contributed by atoms with Gasteiger partial charge in [-0.2, -0.15) is 0 Å². The van der Waals surface area contributed by atoms with Gasteiger partial charge < -0.3 is 15.2 Å². The van der Waals surface area contributed by atoms with E-state index in [2.05, 4.69) is 5.32 Å². The number of methoxy groups -OCH3 is 1. The standard InChI is InChI=1S/C13H12N2O4/c1-19-11-5-2-9(3-6-11)14-12-8-10(16)4-7-13(12)15(17)18/h2-8,14,16H,1H3. The molecular formula is C13H12N2O4. The van der Waals surface area contributed by atoms with Crippen molar-refractivity contribution in [3.63, 3.8) is 0 Å². The van der Waals surface area contributed by atoms with Gasteiger partial charge in [-0.15, -0.1) is 0 Å². The average Bonchev–Trinajstić information content (AvgIpc) is 2.39. The number of anilines is 2. The summed E-state index contributed by atoms with van der Waals surface area (Å²) in [6.45, 7) is 0. The van der Waals surface area contributed by atoms with E-state index in [0.29, 0.717) is 11.4 Å². The van der Waals surface area contributed by atoms with Gasteiger partial charge in [-0.05, 0) is 30.3 Å². The lowest BCUT2D eigenvalue weighted by Crippen LogP contribution is -1.96. The van der Waals surface area contributed by atoms with Crippen molar-refractivity contribution in [2.24, 2.45) is 0 Å². The number of aromatic hydroxyl groups is 1. The Morgan fingerprint density at radius 1 is 1.21 bits per heavy atom. The molecule has 19 heavy (non-hydrogen) atoms. The first-order chi connectivity index (χ1) is 9.10. The van der Waals surface area contributed by atoms with Crippen molar-refractivity contribution < 1.29 is 14.8 Å². The zero-order valence-corrected chi connectivity index (χ0v) is 10.2. The van der Waals surface area contributed by atoms with Crippen LogP contribution in [0.4, 0.5) is 17.1 Å². The van der Waals surface area contributed by atoms with E-state index in [1.54, 1.807) is 31.4 Å². The lowest BCUT2D eigenvalue weighted by atomic mass is 10.2. The first kappa shape index (κ1) is 12.7. The van der Waals surface area contributed by atoms with Gasteiger partial charge in [0.1, 0.15) is 17.2 Å². The Hall–Kier alpha value is -2.76. The number of nitrogens with zero attached hydrogens (tertiary/aromatic N) is 1. The molecule has 0 spiro atoms. The second-order valence-electron chi connectivity index (χ2n) is 3.81. The van der Waals surface area contributed by atoms with E-state index in [1.807, 2.05) is 0 Å². The molecule has 2 rings (SSSR count). The average molecular weight is 260 g/mol.